The second kappa shape index (κ2) is 9.07. The minimum atomic E-state index is 0.315. The van der Waals surface area contributed by atoms with Crippen LogP contribution in [-0.2, 0) is 16.1 Å². The molecule has 3 fully saturated rings. The van der Waals surface area contributed by atoms with Gasteiger partial charge < -0.3 is 9.64 Å². The van der Waals surface area contributed by atoms with Gasteiger partial charge in [-0.05, 0) is 68.8 Å². The van der Waals surface area contributed by atoms with E-state index in [2.05, 4.69) is 25.8 Å². The number of morpholine rings is 1. The molecule has 162 valence electrons. The summed E-state index contributed by atoms with van der Waals surface area (Å²) >= 11 is 8.03. The van der Waals surface area contributed by atoms with Gasteiger partial charge in [0, 0.05) is 36.9 Å². The van der Waals surface area contributed by atoms with Gasteiger partial charge in [-0.25, -0.2) is 4.98 Å². The van der Waals surface area contributed by atoms with Crippen molar-refractivity contribution in [2.24, 2.45) is 11.8 Å². The molecule has 2 aromatic rings. The summed E-state index contributed by atoms with van der Waals surface area (Å²) < 4.78 is 6.62. The van der Waals surface area contributed by atoms with E-state index in [0.29, 0.717) is 22.9 Å². The molecule has 1 atom stereocenters. The predicted octanol–water partition coefficient (Wildman–Crippen LogP) is 4.15. The fraction of sp³-hybridized carbons (Fsp3) is 0.682. The van der Waals surface area contributed by atoms with Crippen LogP contribution in [0.5, 0.6) is 0 Å². The van der Waals surface area contributed by atoms with Gasteiger partial charge in [0.15, 0.2) is 5.82 Å². The fourth-order valence-corrected chi connectivity index (χ4v) is 6.47. The zero-order valence-electron chi connectivity index (χ0n) is 17.3. The quantitative estimate of drug-likeness (QED) is 0.640. The van der Waals surface area contributed by atoms with Gasteiger partial charge in [0.25, 0.3) is 0 Å². The third-order valence-corrected chi connectivity index (χ3v) is 8.10. The SMILES string of the molecule is O=C1CCCC1CC1CCN(Cc2cc3nc(Cl)nc(N4CCOCC4)c3s2)CC1. The van der Waals surface area contributed by atoms with Crippen LogP contribution in [-0.4, -0.2) is 60.0 Å². The highest BCUT2D eigenvalue weighted by molar-refractivity contribution is 7.19. The van der Waals surface area contributed by atoms with Crippen LogP contribution >= 0.6 is 22.9 Å². The minimum absolute atomic E-state index is 0.315. The van der Waals surface area contributed by atoms with Crippen molar-refractivity contribution in [3.63, 3.8) is 0 Å². The highest BCUT2D eigenvalue weighted by Gasteiger charge is 2.29. The summed E-state index contributed by atoms with van der Waals surface area (Å²) in [5.41, 5.74) is 0.950. The Morgan fingerprint density at radius 1 is 1.13 bits per heavy atom. The maximum atomic E-state index is 12.0. The monoisotopic (exact) mass is 448 g/mol. The first-order valence-corrected chi connectivity index (χ1v) is 12.4. The van der Waals surface area contributed by atoms with Crippen LogP contribution in [0.3, 0.4) is 0 Å². The number of nitrogens with zero attached hydrogens (tertiary/aromatic N) is 4. The lowest BCUT2D eigenvalue weighted by atomic mass is 9.86. The largest absolute Gasteiger partial charge is 0.378 e. The molecular weight excluding hydrogens is 420 g/mol. The third-order valence-electron chi connectivity index (χ3n) is 6.82. The molecule has 0 bridgehead atoms. The molecule has 4 heterocycles. The molecule has 1 aliphatic carbocycles. The number of carbonyl (C=O) groups is 1. The van der Waals surface area contributed by atoms with E-state index < -0.39 is 0 Å². The van der Waals surface area contributed by atoms with Crippen molar-refractivity contribution in [1.82, 2.24) is 14.9 Å². The van der Waals surface area contributed by atoms with Gasteiger partial charge in [-0.15, -0.1) is 11.3 Å². The average Bonchev–Trinajstić information content (AvgIpc) is 3.35. The summed E-state index contributed by atoms with van der Waals surface area (Å²) in [4.78, 5) is 27.1. The molecule has 2 saturated heterocycles. The number of thiophene rings is 1. The van der Waals surface area contributed by atoms with Crippen molar-refractivity contribution in [1.29, 1.82) is 0 Å². The Labute approximate surface area is 186 Å². The molecule has 6 nitrogen and oxygen atoms in total. The highest BCUT2D eigenvalue weighted by Crippen LogP contribution is 2.35. The Morgan fingerprint density at radius 2 is 1.93 bits per heavy atom. The van der Waals surface area contributed by atoms with Gasteiger partial charge in [0.1, 0.15) is 5.78 Å². The van der Waals surface area contributed by atoms with E-state index in [1.165, 1.54) is 17.7 Å². The van der Waals surface area contributed by atoms with Crippen LogP contribution < -0.4 is 4.90 Å². The molecule has 1 unspecified atom stereocenters. The second-order valence-corrected chi connectivity index (χ2v) is 10.3. The number of anilines is 1. The van der Waals surface area contributed by atoms with Crippen molar-refractivity contribution >= 4 is 44.8 Å². The number of hydrogen-bond acceptors (Lipinski definition) is 7. The lowest BCUT2D eigenvalue weighted by Gasteiger charge is -2.32. The Bertz CT molecular complexity index is 906. The number of ketones is 1. The zero-order chi connectivity index (χ0) is 20.5. The predicted molar refractivity (Wildman–Crippen MR) is 120 cm³/mol. The van der Waals surface area contributed by atoms with Crippen molar-refractivity contribution in [3.05, 3.63) is 16.2 Å². The molecule has 8 heteroatoms. The topological polar surface area (TPSA) is 58.6 Å². The van der Waals surface area contributed by atoms with Crippen LogP contribution in [0.25, 0.3) is 10.2 Å². The molecule has 0 amide bonds. The first kappa shape index (κ1) is 20.6. The fourth-order valence-electron chi connectivity index (χ4n) is 5.14. The molecule has 0 aromatic carbocycles. The number of aromatic nitrogens is 2. The van der Waals surface area contributed by atoms with E-state index in [1.807, 2.05) is 0 Å². The van der Waals surface area contributed by atoms with E-state index in [9.17, 15) is 4.79 Å². The number of carbonyl (C=O) groups excluding carboxylic acids is 1. The lowest BCUT2D eigenvalue weighted by molar-refractivity contribution is -0.121. The molecule has 3 aliphatic rings. The maximum Gasteiger partial charge on any atom is 0.224 e. The van der Waals surface area contributed by atoms with Crippen molar-refractivity contribution in [2.75, 3.05) is 44.3 Å². The van der Waals surface area contributed by atoms with Crippen LogP contribution in [0.15, 0.2) is 6.07 Å². The summed E-state index contributed by atoms with van der Waals surface area (Å²) in [6.07, 6.45) is 6.57. The van der Waals surface area contributed by atoms with Crippen LogP contribution in [0.4, 0.5) is 5.82 Å². The van der Waals surface area contributed by atoms with Crippen molar-refractivity contribution < 1.29 is 9.53 Å². The maximum absolute atomic E-state index is 12.0. The van der Waals surface area contributed by atoms with Crippen LogP contribution in [0, 0.1) is 11.8 Å². The molecule has 30 heavy (non-hydrogen) atoms. The summed E-state index contributed by atoms with van der Waals surface area (Å²) in [6.45, 7) is 6.31. The van der Waals surface area contributed by atoms with Crippen LogP contribution in [0.1, 0.15) is 43.4 Å². The zero-order valence-corrected chi connectivity index (χ0v) is 18.9. The number of ether oxygens (including phenoxy) is 1. The summed E-state index contributed by atoms with van der Waals surface area (Å²) in [7, 11) is 0. The molecular formula is C22H29ClN4O2S. The number of hydrogen-bond donors (Lipinski definition) is 0. The minimum Gasteiger partial charge on any atom is -0.378 e. The lowest BCUT2D eigenvalue weighted by Crippen LogP contribution is -2.36. The first-order chi connectivity index (χ1) is 14.7. The van der Waals surface area contributed by atoms with Gasteiger partial charge in [0.05, 0.1) is 23.4 Å². The van der Waals surface area contributed by atoms with Gasteiger partial charge in [-0.1, -0.05) is 0 Å². The van der Waals surface area contributed by atoms with Gasteiger partial charge in [-0.3, -0.25) is 9.69 Å². The Hall–Kier alpha value is -1.28. The van der Waals surface area contributed by atoms with Gasteiger partial charge >= 0.3 is 0 Å². The second-order valence-electron chi connectivity index (χ2n) is 8.85. The number of fused-ring (bicyclic) bond motifs is 1. The van der Waals surface area contributed by atoms with E-state index >= 15 is 0 Å². The van der Waals surface area contributed by atoms with Crippen molar-refractivity contribution in [2.45, 2.75) is 45.1 Å². The molecule has 2 aliphatic heterocycles. The Balaban J connectivity index is 1.23. The molecule has 5 rings (SSSR count). The van der Waals surface area contributed by atoms with Crippen LogP contribution in [0.2, 0.25) is 5.28 Å². The smallest absolute Gasteiger partial charge is 0.224 e. The van der Waals surface area contributed by atoms with Gasteiger partial charge in [-0.2, -0.15) is 4.98 Å². The molecule has 0 N–H and O–H groups in total. The normalized spacial score (nSPS) is 24.2. The Morgan fingerprint density at radius 3 is 2.67 bits per heavy atom. The molecule has 2 aromatic heterocycles. The van der Waals surface area contributed by atoms with E-state index in [-0.39, 0.29) is 0 Å². The standard InChI is InChI=1S/C22H29ClN4O2S/c23-22-24-18-13-17(30-20(18)21(25-22)27-8-10-29-11-9-27)14-26-6-4-15(5-7-26)12-16-2-1-3-19(16)28/h13,15-16H,1-12,14H2. The molecule has 1 saturated carbocycles. The van der Waals surface area contributed by atoms with Gasteiger partial charge in [0.2, 0.25) is 5.28 Å². The molecule has 0 radical (unpaired) electrons. The summed E-state index contributed by atoms with van der Waals surface area (Å²) in [5.74, 6) is 2.53. The van der Waals surface area contributed by atoms with E-state index in [4.69, 9.17) is 16.3 Å². The van der Waals surface area contributed by atoms with E-state index in [0.717, 1.165) is 87.7 Å². The number of likely N-dealkylation sites (tertiary alicyclic amines) is 1. The number of halogens is 1. The van der Waals surface area contributed by atoms with E-state index in [1.54, 1.807) is 11.3 Å². The third kappa shape index (κ3) is 4.49. The summed E-state index contributed by atoms with van der Waals surface area (Å²) in [5, 5.41) is 0.315. The van der Waals surface area contributed by atoms with Crippen molar-refractivity contribution in [3.8, 4) is 0 Å². The Kier molecular flexibility index (Phi) is 6.23. The number of rotatable bonds is 5. The first-order valence-electron chi connectivity index (χ1n) is 11.2. The average molecular weight is 449 g/mol. The highest BCUT2D eigenvalue weighted by atomic mass is 35.5. The number of piperidine rings is 1. The number of Topliss-reactive ketones (excluding diaryl/α,β-unsaturated/α-hetero) is 1. The summed E-state index contributed by atoms with van der Waals surface area (Å²) in [6, 6.07) is 2.18. The molecule has 0 spiro atoms.